The first-order chi connectivity index (χ1) is 15.7. The van der Waals surface area contributed by atoms with Crippen LogP contribution in [0.25, 0.3) is 5.57 Å². The van der Waals surface area contributed by atoms with Gasteiger partial charge in [-0.1, -0.05) is 12.1 Å². The molecule has 0 bridgehead atoms. The molecule has 1 amide bonds. The maximum atomic E-state index is 12.2. The van der Waals surface area contributed by atoms with Crippen LogP contribution in [-0.2, 0) is 4.79 Å². The van der Waals surface area contributed by atoms with Crippen molar-refractivity contribution < 1.29 is 14.3 Å². The fourth-order valence-corrected chi connectivity index (χ4v) is 4.18. The van der Waals surface area contributed by atoms with Gasteiger partial charge >= 0.3 is 0 Å². The average Bonchev–Trinajstić information content (AvgIpc) is 2.77. The lowest BCUT2D eigenvalue weighted by molar-refractivity contribution is -0.123. The van der Waals surface area contributed by atoms with Crippen LogP contribution in [0, 0.1) is 0 Å². The molecule has 3 rings (SSSR count). The molecule has 1 N–H and O–H groups in total. The Bertz CT molecular complexity index is 1070. The second kappa shape index (κ2) is 9.98. The molecule has 0 atom stereocenters. The number of likely N-dealkylation sites (N-methyl/N-ethyl adjacent to an activating group) is 1. The lowest BCUT2D eigenvalue weighted by Gasteiger charge is -2.43. The third-order valence-corrected chi connectivity index (χ3v) is 5.74. The van der Waals surface area contributed by atoms with Gasteiger partial charge in [-0.2, -0.15) is 5.10 Å². The van der Waals surface area contributed by atoms with Crippen molar-refractivity contribution in [1.82, 2.24) is 5.43 Å². The normalized spacial score (nSPS) is 14.5. The number of amides is 1. The molecule has 0 fully saturated rings. The maximum absolute atomic E-state index is 12.2. The topological polar surface area (TPSA) is 66.4 Å². The van der Waals surface area contributed by atoms with Crippen molar-refractivity contribution in [3.8, 4) is 11.5 Å². The van der Waals surface area contributed by atoms with Crippen LogP contribution in [0.4, 0.5) is 11.4 Å². The number of rotatable bonds is 8. The van der Waals surface area contributed by atoms with Crippen LogP contribution >= 0.6 is 0 Å². The van der Waals surface area contributed by atoms with E-state index in [-0.39, 0.29) is 18.1 Å². The smallest absolute Gasteiger partial charge is 0.277 e. The summed E-state index contributed by atoms with van der Waals surface area (Å²) in [6, 6.07) is 11.7. The summed E-state index contributed by atoms with van der Waals surface area (Å²) in [6.07, 6.45) is 3.88. The number of nitrogens with zero attached hydrogens (tertiary/aromatic N) is 3. The Balaban J connectivity index is 1.70. The molecule has 1 aliphatic rings. The number of allylic oxidation sites excluding steroid dienone is 1. The zero-order valence-electron chi connectivity index (χ0n) is 20.6. The molecule has 1 aliphatic heterocycles. The molecule has 0 saturated carbocycles. The summed E-state index contributed by atoms with van der Waals surface area (Å²) in [7, 11) is 5.54. The number of fused-ring (bicyclic) bond motifs is 1. The van der Waals surface area contributed by atoms with Gasteiger partial charge in [0.1, 0.15) is 11.5 Å². The quantitative estimate of drug-likeness (QED) is 0.480. The third-order valence-electron chi connectivity index (χ3n) is 5.74. The Kier molecular flexibility index (Phi) is 7.31. The highest BCUT2D eigenvalue weighted by Crippen LogP contribution is 2.41. The second-order valence-corrected chi connectivity index (χ2v) is 8.81. The van der Waals surface area contributed by atoms with Gasteiger partial charge in [-0.05, 0) is 51.5 Å². The Morgan fingerprint density at radius 1 is 1.24 bits per heavy atom. The molecule has 0 saturated heterocycles. The minimum atomic E-state index is -0.339. The fraction of sp³-hybridized carbons (Fsp3) is 0.385. The van der Waals surface area contributed by atoms with E-state index < -0.39 is 0 Å². The molecule has 176 valence electrons. The van der Waals surface area contributed by atoms with Crippen LogP contribution < -0.4 is 24.7 Å². The van der Waals surface area contributed by atoms with Crippen molar-refractivity contribution in [2.75, 3.05) is 44.2 Å². The molecule has 0 spiro atoms. The lowest BCUT2D eigenvalue weighted by atomic mass is 9.88. The van der Waals surface area contributed by atoms with Crippen LogP contribution in [0.3, 0.4) is 0 Å². The van der Waals surface area contributed by atoms with Crippen LogP contribution in [-0.4, -0.2) is 52.0 Å². The minimum Gasteiger partial charge on any atom is -0.496 e. The first-order valence-electron chi connectivity index (χ1n) is 11.1. The number of hydrazone groups is 1. The van der Waals surface area contributed by atoms with E-state index in [2.05, 4.69) is 55.3 Å². The van der Waals surface area contributed by atoms with Crippen LogP contribution in [0.1, 0.15) is 38.8 Å². The molecule has 2 aromatic rings. The molecular formula is C26H34N4O3. The van der Waals surface area contributed by atoms with Gasteiger partial charge in [0.15, 0.2) is 6.61 Å². The number of methoxy groups -OCH3 is 1. The Hall–Kier alpha value is -3.48. The Morgan fingerprint density at radius 3 is 2.67 bits per heavy atom. The van der Waals surface area contributed by atoms with Gasteiger partial charge in [-0.3, -0.25) is 4.79 Å². The lowest BCUT2D eigenvalue weighted by Crippen LogP contribution is -2.44. The number of nitrogens with one attached hydrogen (secondary N) is 1. The Morgan fingerprint density at radius 2 is 2.00 bits per heavy atom. The molecule has 33 heavy (non-hydrogen) atoms. The minimum absolute atomic E-state index is 0.0769. The number of benzene rings is 2. The summed E-state index contributed by atoms with van der Waals surface area (Å²) in [6.45, 7) is 9.44. The number of hydrogen-bond acceptors (Lipinski definition) is 6. The van der Waals surface area contributed by atoms with Gasteiger partial charge in [0.25, 0.3) is 5.91 Å². The van der Waals surface area contributed by atoms with E-state index in [4.69, 9.17) is 9.47 Å². The number of anilines is 2. The van der Waals surface area contributed by atoms with Crippen LogP contribution in [0.15, 0.2) is 47.6 Å². The van der Waals surface area contributed by atoms with E-state index in [9.17, 15) is 4.79 Å². The van der Waals surface area contributed by atoms with Crippen molar-refractivity contribution in [2.45, 2.75) is 33.2 Å². The van der Waals surface area contributed by atoms with E-state index >= 15 is 0 Å². The van der Waals surface area contributed by atoms with E-state index in [1.54, 1.807) is 13.3 Å². The highest BCUT2D eigenvalue weighted by Gasteiger charge is 2.31. The van der Waals surface area contributed by atoms with Crippen LogP contribution in [0.2, 0.25) is 0 Å². The Labute approximate surface area is 196 Å². The van der Waals surface area contributed by atoms with Crippen molar-refractivity contribution in [2.24, 2.45) is 5.10 Å². The summed E-state index contributed by atoms with van der Waals surface area (Å²) in [5.74, 6) is 0.989. The number of ether oxygens (including phenoxy) is 2. The summed E-state index contributed by atoms with van der Waals surface area (Å²) in [4.78, 5) is 16.5. The molecule has 2 aromatic carbocycles. The summed E-state index contributed by atoms with van der Waals surface area (Å²) < 4.78 is 11.2. The largest absolute Gasteiger partial charge is 0.496 e. The molecule has 0 unspecified atom stereocenters. The fourth-order valence-electron chi connectivity index (χ4n) is 4.18. The van der Waals surface area contributed by atoms with E-state index in [0.717, 1.165) is 29.0 Å². The van der Waals surface area contributed by atoms with Gasteiger partial charge in [-0.25, -0.2) is 5.43 Å². The van der Waals surface area contributed by atoms with Gasteiger partial charge in [0, 0.05) is 55.3 Å². The van der Waals surface area contributed by atoms with E-state index in [1.807, 2.05) is 49.3 Å². The van der Waals surface area contributed by atoms with Crippen molar-refractivity contribution in [3.63, 3.8) is 0 Å². The average molecular weight is 451 g/mol. The number of hydrogen-bond donors (Lipinski definition) is 1. The zero-order valence-corrected chi connectivity index (χ0v) is 20.6. The molecular weight excluding hydrogens is 416 g/mol. The highest BCUT2D eigenvalue weighted by molar-refractivity contribution is 5.91. The van der Waals surface area contributed by atoms with E-state index in [0.29, 0.717) is 11.5 Å². The molecule has 7 nitrogen and oxygen atoms in total. The molecule has 7 heteroatoms. The molecule has 0 radical (unpaired) electrons. The predicted octanol–water partition coefficient (Wildman–Crippen LogP) is 4.31. The van der Waals surface area contributed by atoms with Crippen molar-refractivity contribution in [1.29, 1.82) is 0 Å². The highest BCUT2D eigenvalue weighted by atomic mass is 16.5. The number of carbonyl (C=O) groups excluding carboxylic acids is 1. The van der Waals surface area contributed by atoms with Crippen molar-refractivity contribution in [3.05, 3.63) is 53.6 Å². The third kappa shape index (κ3) is 5.48. The molecule has 0 aromatic heterocycles. The summed E-state index contributed by atoms with van der Waals surface area (Å²) in [5.41, 5.74) is 7.71. The summed E-state index contributed by atoms with van der Waals surface area (Å²) in [5, 5.41) is 4.12. The van der Waals surface area contributed by atoms with Crippen LogP contribution in [0.5, 0.6) is 11.5 Å². The van der Waals surface area contributed by atoms with Crippen molar-refractivity contribution >= 4 is 29.1 Å². The standard InChI is InChI=1S/C26H34N4O3/c1-8-30-23-14-24(32-7)19(12-22(23)18(2)15-26(30,3)4)16-27-28-25(31)17-33-21-11-9-10-20(13-21)29(5)6/h9-16H,8,17H2,1-7H3,(H,28,31)/b27-16+. The van der Waals surface area contributed by atoms with Gasteiger partial charge in [0.2, 0.25) is 0 Å². The molecule has 1 heterocycles. The predicted molar refractivity (Wildman–Crippen MR) is 136 cm³/mol. The monoisotopic (exact) mass is 450 g/mol. The van der Waals surface area contributed by atoms with Gasteiger partial charge < -0.3 is 19.3 Å². The van der Waals surface area contributed by atoms with Gasteiger partial charge in [-0.15, -0.1) is 0 Å². The number of carbonyl (C=O) groups is 1. The first kappa shape index (κ1) is 24.2. The maximum Gasteiger partial charge on any atom is 0.277 e. The SMILES string of the molecule is CCN1c2cc(OC)c(/C=N/NC(=O)COc3cccc(N(C)C)c3)cc2C(C)=CC1(C)C. The van der Waals surface area contributed by atoms with E-state index in [1.165, 1.54) is 5.57 Å². The molecule has 0 aliphatic carbocycles. The van der Waals surface area contributed by atoms with Gasteiger partial charge in [0.05, 0.1) is 18.9 Å². The second-order valence-electron chi connectivity index (χ2n) is 8.81. The summed E-state index contributed by atoms with van der Waals surface area (Å²) >= 11 is 0. The zero-order chi connectivity index (χ0) is 24.2. The first-order valence-corrected chi connectivity index (χ1v) is 11.1.